The predicted molar refractivity (Wildman–Crippen MR) is 85.3 cm³/mol. The topological polar surface area (TPSA) is 123 Å². The second kappa shape index (κ2) is 6.01. The maximum absolute atomic E-state index is 12.3. The summed E-state index contributed by atoms with van der Waals surface area (Å²) in [6.07, 6.45) is 1.03. The molecule has 0 spiro atoms. The summed E-state index contributed by atoms with van der Waals surface area (Å²) < 4.78 is 49.8. The first kappa shape index (κ1) is 17.0. The van der Waals surface area contributed by atoms with Gasteiger partial charge >= 0.3 is 0 Å². The number of rotatable bonds is 5. The molecule has 0 radical (unpaired) electrons. The van der Waals surface area contributed by atoms with Crippen LogP contribution in [0.3, 0.4) is 0 Å². The molecule has 2 rings (SSSR count). The van der Waals surface area contributed by atoms with Gasteiger partial charge in [-0.1, -0.05) is 6.07 Å². The number of nitrogens with two attached hydrogens (primary N) is 1. The summed E-state index contributed by atoms with van der Waals surface area (Å²) in [4.78, 5) is 10.9. The van der Waals surface area contributed by atoms with E-state index in [-0.39, 0.29) is 21.0 Å². The Hall–Kier alpha value is -2.39. The highest BCUT2D eigenvalue weighted by Crippen LogP contribution is 2.19. The predicted octanol–water partition coefficient (Wildman–Crippen LogP) is 0.990. The highest BCUT2D eigenvalue weighted by molar-refractivity contribution is 7.92. The summed E-state index contributed by atoms with van der Waals surface area (Å²) in [5.74, 6) is -0.664. The highest BCUT2D eigenvalue weighted by Gasteiger charge is 2.16. The number of primary amides is 1. The summed E-state index contributed by atoms with van der Waals surface area (Å²) in [6.45, 7) is 0. The van der Waals surface area contributed by atoms with Gasteiger partial charge in [0.2, 0.25) is 5.91 Å². The smallest absolute Gasteiger partial charge is 0.261 e. The Labute approximate surface area is 134 Å². The van der Waals surface area contributed by atoms with Gasteiger partial charge in [-0.05, 0) is 42.5 Å². The summed E-state index contributed by atoms with van der Waals surface area (Å²) >= 11 is 0. The SMILES string of the molecule is CS(=O)(=O)c1cccc(NS(=O)(=O)c2ccc(C(N)=O)cc2)c1. The van der Waals surface area contributed by atoms with Crippen LogP contribution in [0.1, 0.15) is 10.4 Å². The lowest BCUT2D eigenvalue weighted by Gasteiger charge is -2.09. The number of anilines is 1. The number of hydrogen-bond acceptors (Lipinski definition) is 5. The molecule has 0 bridgehead atoms. The fraction of sp³-hybridized carbons (Fsp3) is 0.0714. The molecule has 0 aromatic heterocycles. The monoisotopic (exact) mass is 354 g/mol. The van der Waals surface area contributed by atoms with Crippen LogP contribution in [0.5, 0.6) is 0 Å². The van der Waals surface area contributed by atoms with Crippen LogP contribution in [0.25, 0.3) is 0 Å². The van der Waals surface area contributed by atoms with Crippen molar-refractivity contribution in [1.82, 2.24) is 0 Å². The zero-order valence-corrected chi connectivity index (χ0v) is 13.7. The number of amides is 1. The minimum absolute atomic E-state index is 0.00164. The fourth-order valence-electron chi connectivity index (χ4n) is 1.80. The van der Waals surface area contributed by atoms with Crippen molar-refractivity contribution < 1.29 is 21.6 Å². The lowest BCUT2D eigenvalue weighted by atomic mass is 10.2. The van der Waals surface area contributed by atoms with Gasteiger partial charge in [0.25, 0.3) is 10.0 Å². The van der Waals surface area contributed by atoms with Crippen LogP contribution in [-0.2, 0) is 19.9 Å². The average Bonchev–Trinajstić information content (AvgIpc) is 2.46. The second-order valence-electron chi connectivity index (χ2n) is 4.79. The van der Waals surface area contributed by atoms with E-state index in [0.717, 1.165) is 6.26 Å². The molecule has 0 atom stereocenters. The van der Waals surface area contributed by atoms with Crippen LogP contribution >= 0.6 is 0 Å². The molecule has 7 nitrogen and oxygen atoms in total. The van der Waals surface area contributed by atoms with Crippen molar-refractivity contribution in [3.8, 4) is 0 Å². The van der Waals surface area contributed by atoms with Crippen molar-refractivity contribution in [2.45, 2.75) is 9.79 Å². The van der Waals surface area contributed by atoms with Crippen LogP contribution in [0.15, 0.2) is 58.3 Å². The Morgan fingerprint density at radius 1 is 0.957 bits per heavy atom. The van der Waals surface area contributed by atoms with Crippen molar-refractivity contribution >= 4 is 31.5 Å². The third-order valence-electron chi connectivity index (χ3n) is 2.96. The fourth-order valence-corrected chi connectivity index (χ4v) is 3.52. The third kappa shape index (κ3) is 4.08. The van der Waals surface area contributed by atoms with E-state index in [0.29, 0.717) is 0 Å². The number of sulfonamides is 1. The molecule has 3 N–H and O–H groups in total. The molecule has 1 amide bonds. The number of benzene rings is 2. The quantitative estimate of drug-likeness (QED) is 0.829. The van der Waals surface area contributed by atoms with Gasteiger partial charge in [0.1, 0.15) is 0 Å². The first-order chi connectivity index (χ1) is 10.6. The van der Waals surface area contributed by atoms with Crippen molar-refractivity contribution in [2.24, 2.45) is 5.73 Å². The first-order valence-electron chi connectivity index (χ1n) is 6.32. The lowest BCUT2D eigenvalue weighted by molar-refractivity contribution is 0.1000. The van der Waals surface area contributed by atoms with Crippen molar-refractivity contribution in [3.05, 3.63) is 54.1 Å². The molecule has 0 saturated carbocycles. The molecule has 9 heteroatoms. The molecule has 2 aromatic rings. The summed E-state index contributed by atoms with van der Waals surface area (Å²) in [5, 5.41) is 0. The third-order valence-corrected chi connectivity index (χ3v) is 5.47. The Bertz CT molecular complexity index is 949. The lowest BCUT2D eigenvalue weighted by Crippen LogP contribution is -2.15. The van der Waals surface area contributed by atoms with E-state index in [1.165, 1.54) is 48.5 Å². The molecule has 23 heavy (non-hydrogen) atoms. The van der Waals surface area contributed by atoms with Crippen LogP contribution in [-0.4, -0.2) is 29.0 Å². The van der Waals surface area contributed by atoms with Crippen LogP contribution in [0.4, 0.5) is 5.69 Å². The van der Waals surface area contributed by atoms with E-state index in [1.54, 1.807) is 0 Å². The number of carbonyl (C=O) groups excluding carboxylic acids is 1. The Morgan fingerprint density at radius 3 is 2.09 bits per heavy atom. The molecule has 122 valence electrons. The zero-order chi connectivity index (χ0) is 17.3. The van der Waals surface area contributed by atoms with Crippen LogP contribution in [0, 0.1) is 0 Å². The molecule has 2 aromatic carbocycles. The number of nitrogens with one attached hydrogen (secondary N) is 1. The van der Waals surface area contributed by atoms with Gasteiger partial charge in [-0.25, -0.2) is 16.8 Å². The van der Waals surface area contributed by atoms with Gasteiger partial charge in [-0.2, -0.15) is 0 Å². The van der Waals surface area contributed by atoms with E-state index >= 15 is 0 Å². The van der Waals surface area contributed by atoms with Gasteiger partial charge in [-0.3, -0.25) is 9.52 Å². The van der Waals surface area contributed by atoms with Crippen molar-refractivity contribution in [3.63, 3.8) is 0 Å². The molecule has 0 aliphatic heterocycles. The highest BCUT2D eigenvalue weighted by atomic mass is 32.2. The van der Waals surface area contributed by atoms with E-state index < -0.39 is 25.8 Å². The normalized spacial score (nSPS) is 11.9. The van der Waals surface area contributed by atoms with Crippen LogP contribution in [0.2, 0.25) is 0 Å². The largest absolute Gasteiger partial charge is 0.366 e. The minimum atomic E-state index is -3.91. The molecule has 0 fully saturated rings. The van der Waals surface area contributed by atoms with E-state index in [1.807, 2.05) is 0 Å². The van der Waals surface area contributed by atoms with Crippen LogP contribution < -0.4 is 10.5 Å². The molecular formula is C14H14N2O5S2. The molecule has 0 aliphatic rings. The standard InChI is InChI=1S/C14H14N2O5S2/c1-22(18,19)13-4-2-3-11(9-13)16-23(20,21)12-7-5-10(6-8-12)14(15)17/h2-9,16H,1H3,(H2,15,17). The maximum atomic E-state index is 12.3. The van der Waals surface area contributed by atoms with E-state index in [4.69, 9.17) is 5.73 Å². The number of sulfone groups is 1. The molecule has 0 aliphatic carbocycles. The molecule has 0 saturated heterocycles. The van der Waals surface area contributed by atoms with Gasteiger partial charge in [0.05, 0.1) is 15.5 Å². The van der Waals surface area contributed by atoms with Gasteiger partial charge in [0, 0.05) is 11.8 Å². The Morgan fingerprint density at radius 2 is 1.57 bits per heavy atom. The summed E-state index contributed by atoms with van der Waals surface area (Å²) in [6, 6.07) is 10.5. The molecular weight excluding hydrogens is 340 g/mol. The Kier molecular flexibility index (Phi) is 4.44. The summed E-state index contributed by atoms with van der Waals surface area (Å²) in [5.41, 5.74) is 5.39. The van der Waals surface area contributed by atoms with Gasteiger partial charge < -0.3 is 5.73 Å². The molecule has 0 unspecified atom stereocenters. The average molecular weight is 354 g/mol. The van der Waals surface area contributed by atoms with Gasteiger partial charge in [0.15, 0.2) is 9.84 Å². The first-order valence-corrected chi connectivity index (χ1v) is 9.70. The van der Waals surface area contributed by atoms with Gasteiger partial charge in [-0.15, -0.1) is 0 Å². The maximum Gasteiger partial charge on any atom is 0.261 e. The van der Waals surface area contributed by atoms with E-state index in [9.17, 15) is 21.6 Å². The van der Waals surface area contributed by atoms with E-state index in [2.05, 4.69) is 4.72 Å². The molecule has 0 heterocycles. The number of hydrogen-bond donors (Lipinski definition) is 2. The van der Waals surface area contributed by atoms with Crippen molar-refractivity contribution in [1.29, 1.82) is 0 Å². The number of carbonyl (C=O) groups is 1. The van der Waals surface area contributed by atoms with Crippen molar-refractivity contribution in [2.75, 3.05) is 11.0 Å². The second-order valence-corrected chi connectivity index (χ2v) is 8.49. The summed E-state index contributed by atoms with van der Waals surface area (Å²) in [7, 11) is -7.36. The zero-order valence-electron chi connectivity index (χ0n) is 12.1. The Balaban J connectivity index is 2.33. The minimum Gasteiger partial charge on any atom is -0.366 e.